The molecule has 3 aromatic carbocycles. The number of benzene rings is 3. The summed E-state index contributed by atoms with van der Waals surface area (Å²) in [6.07, 6.45) is 5.82. The molecule has 3 N–H and O–H groups in total. The molecule has 6 aromatic rings. The first-order valence-corrected chi connectivity index (χ1v) is 18.1. The fourth-order valence-electron chi connectivity index (χ4n) is 7.94. The van der Waals surface area contributed by atoms with Gasteiger partial charge in [-0.15, -0.1) is 0 Å². The quantitative estimate of drug-likeness (QED) is 0.218. The van der Waals surface area contributed by atoms with Gasteiger partial charge in [0.1, 0.15) is 35.4 Å². The molecule has 4 aliphatic heterocycles. The predicted octanol–water partition coefficient (Wildman–Crippen LogP) is 3.81. The smallest absolute Gasteiger partial charge is 0.262 e. The van der Waals surface area contributed by atoms with E-state index in [-0.39, 0.29) is 18.4 Å². The molecule has 0 radical (unpaired) electrons. The van der Waals surface area contributed by atoms with Crippen LogP contribution in [0.3, 0.4) is 0 Å². The first kappa shape index (κ1) is 32.8. The normalized spacial score (nSPS) is 19.1. The zero-order valence-corrected chi connectivity index (χ0v) is 29.4. The molecule has 274 valence electrons. The second kappa shape index (κ2) is 12.6. The minimum Gasteiger partial charge on any atom is -0.457 e. The summed E-state index contributed by atoms with van der Waals surface area (Å²) in [7, 11) is 0. The Morgan fingerprint density at radius 3 is 2.33 bits per heavy atom. The van der Waals surface area contributed by atoms with E-state index in [4.69, 9.17) is 15.6 Å². The number of ether oxygens (including phenoxy) is 1. The molecule has 4 aliphatic rings. The van der Waals surface area contributed by atoms with Crippen LogP contribution in [-0.4, -0.2) is 96.0 Å². The third-order valence-electron chi connectivity index (χ3n) is 11.0. The van der Waals surface area contributed by atoms with Crippen molar-refractivity contribution in [1.29, 1.82) is 0 Å². The van der Waals surface area contributed by atoms with Crippen LogP contribution in [-0.2, 0) is 9.59 Å². The van der Waals surface area contributed by atoms with Gasteiger partial charge in [0.15, 0.2) is 5.65 Å². The summed E-state index contributed by atoms with van der Waals surface area (Å²) < 4.78 is 10.0. The Balaban J connectivity index is 0.793. The molecule has 3 fully saturated rings. The molecule has 55 heavy (non-hydrogen) atoms. The molecule has 3 aromatic heterocycles. The summed E-state index contributed by atoms with van der Waals surface area (Å²) in [5, 5.41) is 7.90. The fraction of sp³-hybridized carbons (Fsp3) is 0.225. The molecule has 1 atom stereocenters. The third-order valence-corrected chi connectivity index (χ3v) is 11.0. The molecule has 4 amide bonds. The van der Waals surface area contributed by atoms with E-state index in [1.165, 1.54) is 6.33 Å². The molecule has 10 rings (SSSR count). The summed E-state index contributed by atoms with van der Waals surface area (Å²) in [6, 6.07) is 24.3. The van der Waals surface area contributed by atoms with Crippen molar-refractivity contribution >= 4 is 46.2 Å². The number of carbonyl (C=O) groups excluding carboxylic acids is 4. The molecular weight excluding hydrogens is 701 g/mol. The monoisotopic (exact) mass is 734 g/mol. The Bertz CT molecular complexity index is 2540. The van der Waals surface area contributed by atoms with Crippen molar-refractivity contribution in [3.63, 3.8) is 0 Å². The van der Waals surface area contributed by atoms with E-state index in [2.05, 4.69) is 42.0 Å². The summed E-state index contributed by atoms with van der Waals surface area (Å²) >= 11 is 0. The van der Waals surface area contributed by atoms with Crippen LogP contribution in [0.5, 0.6) is 11.5 Å². The Kier molecular flexibility index (Phi) is 7.52. The molecule has 1 unspecified atom stereocenters. The van der Waals surface area contributed by atoms with E-state index >= 15 is 0 Å². The minimum absolute atomic E-state index is 0.0863. The van der Waals surface area contributed by atoms with Crippen LogP contribution >= 0.6 is 0 Å². The number of nitrogens with two attached hydrogens (primary N) is 1. The number of nitrogens with zero attached hydrogens (tertiary/aromatic N) is 8. The number of anilines is 2. The number of rotatable bonds is 8. The lowest BCUT2D eigenvalue weighted by Crippen LogP contribution is -2.65. The average molecular weight is 735 g/mol. The molecule has 0 aliphatic carbocycles. The maximum Gasteiger partial charge on any atom is 0.262 e. The molecule has 0 saturated carbocycles. The predicted molar refractivity (Wildman–Crippen MR) is 201 cm³/mol. The highest BCUT2D eigenvalue weighted by Crippen LogP contribution is 2.36. The van der Waals surface area contributed by atoms with Crippen molar-refractivity contribution in [1.82, 2.24) is 39.4 Å². The van der Waals surface area contributed by atoms with Crippen LogP contribution in [0.4, 0.5) is 11.5 Å². The topological polar surface area (TPSA) is 174 Å². The van der Waals surface area contributed by atoms with Crippen molar-refractivity contribution in [3.8, 4) is 28.4 Å². The van der Waals surface area contributed by atoms with E-state index in [1.807, 2.05) is 71.4 Å². The van der Waals surface area contributed by atoms with E-state index < -0.39 is 29.7 Å². The lowest BCUT2D eigenvalue weighted by Gasteiger charge is -2.52. The van der Waals surface area contributed by atoms with Crippen molar-refractivity contribution < 1.29 is 23.9 Å². The standard InChI is InChI=1S/C40H34N10O5/c41-36-34-35(23-6-9-29(10-7-23)55-28-4-2-1-3-5-28)45-50(37(34)43-22-42-36)25-14-15-46(17-25)26-18-48(19-26)27-20-47(21-27)24-8-11-30-31(16-24)40(54)49(39(30)53)32-12-13-33(51)44-38(32)52/h1-11,14-17,22,26-27,32H,12-13,18-21H2,(H2,41,42,43)(H,44,51,52). The van der Waals surface area contributed by atoms with Gasteiger partial charge < -0.3 is 19.9 Å². The van der Waals surface area contributed by atoms with Gasteiger partial charge in [-0.2, -0.15) is 5.10 Å². The highest BCUT2D eigenvalue weighted by Gasteiger charge is 2.45. The van der Waals surface area contributed by atoms with Gasteiger partial charge in [-0.05, 0) is 67.1 Å². The van der Waals surface area contributed by atoms with Crippen molar-refractivity contribution in [2.45, 2.75) is 31.0 Å². The van der Waals surface area contributed by atoms with Crippen LogP contribution in [0.25, 0.3) is 28.0 Å². The van der Waals surface area contributed by atoms with E-state index in [9.17, 15) is 19.2 Å². The van der Waals surface area contributed by atoms with Crippen LogP contribution in [0.2, 0.25) is 0 Å². The Hall–Kier alpha value is -6.87. The van der Waals surface area contributed by atoms with E-state index in [1.54, 1.807) is 12.1 Å². The second-order valence-electron chi connectivity index (χ2n) is 14.3. The van der Waals surface area contributed by atoms with Crippen LogP contribution in [0.1, 0.15) is 39.6 Å². The summed E-state index contributed by atoms with van der Waals surface area (Å²) in [4.78, 5) is 64.9. The van der Waals surface area contributed by atoms with Crippen molar-refractivity contribution in [2.24, 2.45) is 0 Å². The SMILES string of the molecule is Nc1ncnc2c1c(-c1ccc(Oc3ccccc3)cc1)nn2-c1ccn(C2CN(C3CN(c4ccc5c(c4)C(=O)N(C4CCC(=O)NC4=O)C5=O)C3)C2)c1. The van der Waals surface area contributed by atoms with E-state index in [0.717, 1.165) is 53.8 Å². The van der Waals surface area contributed by atoms with Crippen LogP contribution in [0.15, 0.2) is 97.6 Å². The molecule has 0 spiro atoms. The zero-order chi connectivity index (χ0) is 37.4. The maximum atomic E-state index is 13.3. The van der Waals surface area contributed by atoms with Gasteiger partial charge in [0.25, 0.3) is 11.8 Å². The number of likely N-dealkylation sites (tertiary alicyclic amines) is 1. The number of fused-ring (bicyclic) bond motifs is 2. The van der Waals surface area contributed by atoms with Gasteiger partial charge in [-0.25, -0.2) is 14.6 Å². The average Bonchev–Trinajstić information content (AvgIpc) is 3.85. The number of hydrogen-bond donors (Lipinski definition) is 2. The van der Waals surface area contributed by atoms with Gasteiger partial charge in [-0.3, -0.25) is 34.3 Å². The Labute approximate surface area is 313 Å². The van der Waals surface area contributed by atoms with Crippen molar-refractivity contribution in [2.75, 3.05) is 36.8 Å². The number of amides is 4. The number of piperidine rings is 1. The lowest BCUT2D eigenvalue weighted by atomic mass is 9.98. The second-order valence-corrected chi connectivity index (χ2v) is 14.3. The molecular formula is C40H34N10O5. The van der Waals surface area contributed by atoms with Crippen molar-refractivity contribution in [3.05, 3.63) is 109 Å². The minimum atomic E-state index is -0.980. The maximum absolute atomic E-state index is 13.3. The molecule has 7 heterocycles. The van der Waals surface area contributed by atoms with Gasteiger partial charge in [0.05, 0.1) is 28.2 Å². The van der Waals surface area contributed by atoms with Gasteiger partial charge in [0, 0.05) is 62.3 Å². The number of nitrogens with one attached hydrogen (secondary N) is 1. The Morgan fingerprint density at radius 2 is 1.55 bits per heavy atom. The summed E-state index contributed by atoms with van der Waals surface area (Å²) in [5.74, 6) is -0.184. The molecule has 15 heteroatoms. The summed E-state index contributed by atoms with van der Waals surface area (Å²) in [5.41, 5.74) is 10.9. The lowest BCUT2D eigenvalue weighted by molar-refractivity contribution is -0.136. The molecule has 15 nitrogen and oxygen atoms in total. The number of para-hydroxylation sites is 1. The Morgan fingerprint density at radius 1 is 0.782 bits per heavy atom. The molecule has 3 saturated heterocycles. The van der Waals surface area contributed by atoms with Crippen LogP contribution in [0, 0.1) is 0 Å². The first-order valence-electron chi connectivity index (χ1n) is 18.1. The van der Waals surface area contributed by atoms with E-state index in [0.29, 0.717) is 45.9 Å². The number of nitrogen functional groups attached to an aromatic ring is 1. The highest BCUT2D eigenvalue weighted by molar-refractivity contribution is 6.23. The number of imide groups is 2. The first-order chi connectivity index (χ1) is 26.8. The number of hydrogen-bond acceptors (Lipinski definition) is 11. The number of aromatic nitrogens is 5. The fourth-order valence-corrected chi connectivity index (χ4v) is 7.94. The summed E-state index contributed by atoms with van der Waals surface area (Å²) in [6.45, 7) is 3.37. The number of carbonyl (C=O) groups is 4. The largest absolute Gasteiger partial charge is 0.457 e. The zero-order valence-electron chi connectivity index (χ0n) is 29.4. The van der Waals surface area contributed by atoms with Gasteiger partial charge in [-0.1, -0.05) is 18.2 Å². The van der Waals surface area contributed by atoms with Crippen LogP contribution < -0.4 is 20.7 Å². The van der Waals surface area contributed by atoms with Gasteiger partial charge in [0.2, 0.25) is 11.8 Å². The third kappa shape index (κ3) is 5.50. The van der Waals surface area contributed by atoms with Gasteiger partial charge >= 0.3 is 0 Å². The highest BCUT2D eigenvalue weighted by atomic mass is 16.5. The molecule has 0 bridgehead atoms.